The van der Waals surface area contributed by atoms with E-state index in [1.165, 1.54) is 0 Å². The van der Waals surface area contributed by atoms with Gasteiger partial charge in [0.2, 0.25) is 0 Å². The van der Waals surface area contributed by atoms with Gasteiger partial charge < -0.3 is 0 Å². The molecule has 0 aliphatic heterocycles. The predicted molar refractivity (Wildman–Crippen MR) is 72.2 cm³/mol. The van der Waals surface area contributed by atoms with Crippen LogP contribution in [-0.2, 0) is 0 Å². The van der Waals surface area contributed by atoms with Gasteiger partial charge in [-0.05, 0) is 12.1 Å². The third-order valence-corrected chi connectivity index (χ3v) is 2.88. The molecule has 92 valence electrons. The summed E-state index contributed by atoms with van der Waals surface area (Å²) in [6, 6.07) is 13.4. The van der Waals surface area contributed by atoms with Crippen molar-refractivity contribution in [3.8, 4) is 16.9 Å². The number of carbonyl (C=O) groups excluding carboxylic acids is 1. The fraction of sp³-hybridized carbons (Fsp3) is 0. The minimum absolute atomic E-state index is 0.572. The Morgan fingerprint density at radius 2 is 1.74 bits per heavy atom. The van der Waals surface area contributed by atoms with E-state index in [0.29, 0.717) is 5.56 Å². The van der Waals surface area contributed by atoms with Crippen LogP contribution in [0, 0.1) is 0 Å². The van der Waals surface area contributed by atoms with Crippen molar-refractivity contribution in [3.05, 3.63) is 66.6 Å². The van der Waals surface area contributed by atoms with Crippen molar-refractivity contribution in [3.63, 3.8) is 0 Å². The molecule has 3 aromatic rings. The molecule has 0 saturated carbocycles. The van der Waals surface area contributed by atoms with Gasteiger partial charge in [0.05, 0.1) is 23.1 Å². The second kappa shape index (κ2) is 4.86. The Morgan fingerprint density at radius 1 is 1.00 bits per heavy atom. The zero-order chi connectivity index (χ0) is 13.1. The van der Waals surface area contributed by atoms with Crippen molar-refractivity contribution in [2.75, 3.05) is 0 Å². The van der Waals surface area contributed by atoms with E-state index in [0.717, 1.165) is 23.2 Å². The third kappa shape index (κ3) is 2.04. The fourth-order valence-corrected chi connectivity index (χ4v) is 2.01. The highest BCUT2D eigenvalue weighted by Crippen LogP contribution is 2.25. The molecule has 1 aromatic carbocycles. The molecule has 19 heavy (non-hydrogen) atoms. The van der Waals surface area contributed by atoms with Crippen LogP contribution in [0.2, 0.25) is 0 Å². The Balaban J connectivity index is 2.23. The topological polar surface area (TPSA) is 47.8 Å². The van der Waals surface area contributed by atoms with Gasteiger partial charge in [-0.1, -0.05) is 30.3 Å². The minimum atomic E-state index is 0.572. The molecule has 0 unspecified atom stereocenters. The Kier molecular flexibility index (Phi) is 2.90. The number of carbonyl (C=O) groups is 1. The summed E-state index contributed by atoms with van der Waals surface area (Å²) in [4.78, 5) is 15.2. The molecule has 4 heteroatoms. The van der Waals surface area contributed by atoms with Gasteiger partial charge in [0.25, 0.3) is 0 Å². The first-order valence-corrected chi connectivity index (χ1v) is 5.89. The van der Waals surface area contributed by atoms with Gasteiger partial charge in [0.15, 0.2) is 6.29 Å². The van der Waals surface area contributed by atoms with Crippen molar-refractivity contribution in [1.82, 2.24) is 14.8 Å². The lowest BCUT2D eigenvalue weighted by Crippen LogP contribution is -1.99. The van der Waals surface area contributed by atoms with E-state index < -0.39 is 0 Å². The number of benzene rings is 1. The first kappa shape index (κ1) is 11.3. The lowest BCUT2D eigenvalue weighted by atomic mass is 10.1. The van der Waals surface area contributed by atoms with Gasteiger partial charge in [-0.2, -0.15) is 5.10 Å². The van der Waals surface area contributed by atoms with Crippen LogP contribution < -0.4 is 0 Å². The summed E-state index contributed by atoms with van der Waals surface area (Å²) in [6.45, 7) is 0. The average molecular weight is 249 g/mol. The van der Waals surface area contributed by atoms with Crippen molar-refractivity contribution >= 4 is 6.29 Å². The highest BCUT2D eigenvalue weighted by Gasteiger charge is 2.13. The Hall–Kier alpha value is -2.75. The second-order valence-corrected chi connectivity index (χ2v) is 4.05. The van der Waals surface area contributed by atoms with Crippen LogP contribution in [0.25, 0.3) is 16.9 Å². The number of aromatic nitrogens is 3. The molecule has 0 aliphatic rings. The summed E-state index contributed by atoms with van der Waals surface area (Å²) in [5.41, 5.74) is 3.20. The van der Waals surface area contributed by atoms with E-state index in [4.69, 9.17) is 0 Å². The van der Waals surface area contributed by atoms with Crippen LogP contribution >= 0.6 is 0 Å². The summed E-state index contributed by atoms with van der Waals surface area (Å²) >= 11 is 0. The Bertz CT molecular complexity index is 690. The number of hydrogen-bond acceptors (Lipinski definition) is 3. The van der Waals surface area contributed by atoms with Crippen LogP contribution in [-0.4, -0.2) is 21.1 Å². The second-order valence-electron chi connectivity index (χ2n) is 4.05. The van der Waals surface area contributed by atoms with Crippen LogP contribution in [0.5, 0.6) is 0 Å². The number of nitrogens with zero attached hydrogens (tertiary/aromatic N) is 3. The van der Waals surface area contributed by atoms with Gasteiger partial charge in [-0.3, -0.25) is 9.78 Å². The molecular formula is C15H11N3O. The lowest BCUT2D eigenvalue weighted by Gasteiger charge is -2.08. The molecule has 0 spiro atoms. The standard InChI is InChI=1S/C15H11N3O/c19-11-13-10-17-18(14-6-8-16-9-7-14)15(13)12-4-2-1-3-5-12/h1-11H. The quantitative estimate of drug-likeness (QED) is 0.670. The molecule has 2 aromatic heterocycles. The number of hydrogen-bond donors (Lipinski definition) is 0. The highest BCUT2D eigenvalue weighted by molar-refractivity contribution is 5.86. The van der Waals surface area contributed by atoms with E-state index in [1.807, 2.05) is 42.5 Å². The van der Waals surface area contributed by atoms with Crippen molar-refractivity contribution in [1.29, 1.82) is 0 Å². The van der Waals surface area contributed by atoms with Crippen LogP contribution in [0.15, 0.2) is 61.1 Å². The summed E-state index contributed by atoms with van der Waals surface area (Å²) < 4.78 is 1.75. The third-order valence-electron chi connectivity index (χ3n) is 2.88. The molecule has 0 aliphatic carbocycles. The summed E-state index contributed by atoms with van der Waals surface area (Å²) in [5.74, 6) is 0. The molecule has 4 nitrogen and oxygen atoms in total. The number of aldehydes is 1. The van der Waals surface area contributed by atoms with E-state index >= 15 is 0 Å². The van der Waals surface area contributed by atoms with E-state index in [9.17, 15) is 4.79 Å². The highest BCUT2D eigenvalue weighted by atomic mass is 16.1. The van der Waals surface area contributed by atoms with Crippen molar-refractivity contribution in [2.24, 2.45) is 0 Å². The molecule has 0 N–H and O–H groups in total. The monoisotopic (exact) mass is 249 g/mol. The van der Waals surface area contributed by atoms with Gasteiger partial charge in [-0.25, -0.2) is 4.68 Å². The largest absolute Gasteiger partial charge is 0.298 e. The number of rotatable bonds is 3. The average Bonchev–Trinajstić information content (AvgIpc) is 2.93. The number of pyridine rings is 1. The smallest absolute Gasteiger partial charge is 0.153 e. The molecular weight excluding hydrogens is 238 g/mol. The van der Waals surface area contributed by atoms with E-state index in [2.05, 4.69) is 10.1 Å². The van der Waals surface area contributed by atoms with E-state index in [1.54, 1.807) is 23.3 Å². The zero-order valence-corrected chi connectivity index (χ0v) is 10.1. The normalized spacial score (nSPS) is 10.3. The minimum Gasteiger partial charge on any atom is -0.298 e. The fourth-order valence-electron chi connectivity index (χ4n) is 2.01. The first-order chi connectivity index (χ1) is 9.40. The zero-order valence-electron chi connectivity index (χ0n) is 10.1. The predicted octanol–water partition coefficient (Wildman–Crippen LogP) is 2.75. The maximum atomic E-state index is 11.2. The van der Waals surface area contributed by atoms with Crippen LogP contribution in [0.3, 0.4) is 0 Å². The maximum absolute atomic E-state index is 11.2. The first-order valence-electron chi connectivity index (χ1n) is 5.89. The molecule has 0 amide bonds. The molecule has 3 rings (SSSR count). The van der Waals surface area contributed by atoms with Gasteiger partial charge in [-0.15, -0.1) is 0 Å². The van der Waals surface area contributed by atoms with Gasteiger partial charge in [0, 0.05) is 18.0 Å². The van der Waals surface area contributed by atoms with Crippen LogP contribution in [0.4, 0.5) is 0 Å². The van der Waals surface area contributed by atoms with Gasteiger partial charge >= 0.3 is 0 Å². The lowest BCUT2D eigenvalue weighted by molar-refractivity contribution is 0.112. The Morgan fingerprint density at radius 3 is 2.42 bits per heavy atom. The van der Waals surface area contributed by atoms with E-state index in [-0.39, 0.29) is 0 Å². The molecule has 0 bridgehead atoms. The van der Waals surface area contributed by atoms with Crippen molar-refractivity contribution in [2.45, 2.75) is 0 Å². The van der Waals surface area contributed by atoms with Gasteiger partial charge in [0.1, 0.15) is 0 Å². The SMILES string of the molecule is O=Cc1cnn(-c2ccncc2)c1-c1ccccc1. The summed E-state index contributed by atoms with van der Waals surface area (Å²) in [7, 11) is 0. The molecule has 2 heterocycles. The molecule has 0 radical (unpaired) electrons. The molecule has 0 atom stereocenters. The molecule has 0 fully saturated rings. The summed E-state index contributed by atoms with van der Waals surface area (Å²) in [5, 5.41) is 4.29. The molecule has 0 saturated heterocycles. The van der Waals surface area contributed by atoms with Crippen molar-refractivity contribution < 1.29 is 4.79 Å². The Labute approximate surface area is 110 Å². The van der Waals surface area contributed by atoms with Crippen LogP contribution in [0.1, 0.15) is 10.4 Å². The summed E-state index contributed by atoms with van der Waals surface area (Å²) in [6.07, 6.45) is 5.81. The maximum Gasteiger partial charge on any atom is 0.153 e.